The third kappa shape index (κ3) is 2.69. The van der Waals surface area contributed by atoms with Gasteiger partial charge in [0.1, 0.15) is 11.9 Å². The van der Waals surface area contributed by atoms with E-state index in [0.29, 0.717) is 10.1 Å². The molecule has 2 rings (SSSR count). The van der Waals surface area contributed by atoms with Gasteiger partial charge in [-0.25, -0.2) is 14.3 Å². The molecule has 0 spiro atoms. The summed E-state index contributed by atoms with van der Waals surface area (Å²) in [7, 11) is 0. The number of halogens is 1. The summed E-state index contributed by atoms with van der Waals surface area (Å²) in [5.74, 6) is -0.468. The predicted octanol–water partition coefficient (Wildman–Crippen LogP) is 2.31. The number of hydrogen-bond donors (Lipinski definition) is 1. The van der Waals surface area contributed by atoms with Crippen LogP contribution in [-0.2, 0) is 0 Å². The van der Waals surface area contributed by atoms with Crippen molar-refractivity contribution in [1.82, 2.24) is 14.8 Å². The molecule has 0 amide bonds. The van der Waals surface area contributed by atoms with Crippen molar-refractivity contribution in [2.24, 2.45) is 0 Å². The van der Waals surface area contributed by atoms with Crippen LogP contribution in [0.2, 0.25) is 0 Å². The minimum Gasteiger partial charge on any atom is -0.267 e. The molecule has 0 saturated carbocycles. The van der Waals surface area contributed by atoms with Crippen molar-refractivity contribution in [3.05, 3.63) is 40.1 Å². The number of benzene rings is 1. The highest BCUT2D eigenvalue weighted by Crippen LogP contribution is 2.29. The molecule has 0 bridgehead atoms. The van der Waals surface area contributed by atoms with Crippen LogP contribution in [0, 0.1) is 17.1 Å². The summed E-state index contributed by atoms with van der Waals surface area (Å²) in [5, 5.41) is 15.7. The van der Waals surface area contributed by atoms with E-state index in [-0.39, 0.29) is 17.3 Å². The predicted molar refractivity (Wildman–Crippen MR) is 68.5 cm³/mol. The lowest BCUT2D eigenvalue weighted by Crippen LogP contribution is -2.19. The molecule has 1 aromatic carbocycles. The fourth-order valence-corrected chi connectivity index (χ4v) is 2.63. The molecular weight excluding hydrogens is 267 g/mol. The Hall–Kier alpha value is -2.07. The van der Waals surface area contributed by atoms with Crippen LogP contribution in [0.3, 0.4) is 0 Å². The van der Waals surface area contributed by atoms with Gasteiger partial charge < -0.3 is 0 Å². The summed E-state index contributed by atoms with van der Waals surface area (Å²) in [6.45, 7) is 3.72. The topological polar surface area (TPSA) is 74.5 Å². The molecule has 0 aliphatic carbocycles. The van der Waals surface area contributed by atoms with Gasteiger partial charge in [-0.1, -0.05) is 0 Å². The Kier molecular flexibility index (Phi) is 3.71. The van der Waals surface area contributed by atoms with Crippen LogP contribution < -0.4 is 5.69 Å². The second-order valence-corrected chi connectivity index (χ2v) is 5.14. The number of nitriles is 1. The highest BCUT2D eigenvalue weighted by Gasteiger charge is 2.14. The minimum absolute atomic E-state index is 0.0558. The maximum atomic E-state index is 13.0. The Morgan fingerprint density at radius 2 is 2.26 bits per heavy atom. The van der Waals surface area contributed by atoms with Gasteiger partial charge in [0.15, 0.2) is 5.16 Å². The smallest absolute Gasteiger partial charge is 0.267 e. The van der Waals surface area contributed by atoms with Gasteiger partial charge in [-0.05, 0) is 43.8 Å². The van der Waals surface area contributed by atoms with E-state index in [2.05, 4.69) is 10.2 Å². The zero-order chi connectivity index (χ0) is 14.0. The fraction of sp³-hybridized carbons (Fsp3) is 0.250. The molecule has 0 fully saturated rings. The van der Waals surface area contributed by atoms with E-state index in [1.165, 1.54) is 16.7 Å². The van der Waals surface area contributed by atoms with Crippen LogP contribution in [0.4, 0.5) is 4.39 Å². The van der Waals surface area contributed by atoms with Gasteiger partial charge in [0.05, 0.1) is 5.56 Å². The zero-order valence-corrected chi connectivity index (χ0v) is 11.2. The molecule has 5 nitrogen and oxygen atoms in total. The Labute approximate surface area is 113 Å². The van der Waals surface area contributed by atoms with E-state index in [1.807, 2.05) is 19.9 Å². The van der Waals surface area contributed by atoms with Gasteiger partial charge >= 0.3 is 5.69 Å². The lowest BCUT2D eigenvalue weighted by atomic mass is 10.2. The van der Waals surface area contributed by atoms with Crippen molar-refractivity contribution < 1.29 is 4.39 Å². The molecule has 19 heavy (non-hydrogen) atoms. The Balaban J connectivity index is 2.43. The van der Waals surface area contributed by atoms with Gasteiger partial charge in [-0.3, -0.25) is 4.57 Å². The van der Waals surface area contributed by atoms with Crippen LogP contribution in [0.1, 0.15) is 25.5 Å². The highest BCUT2D eigenvalue weighted by atomic mass is 32.2. The van der Waals surface area contributed by atoms with Crippen molar-refractivity contribution in [3.63, 3.8) is 0 Å². The van der Waals surface area contributed by atoms with Gasteiger partial charge in [0.25, 0.3) is 0 Å². The molecule has 0 saturated heterocycles. The Morgan fingerprint density at radius 3 is 2.89 bits per heavy atom. The van der Waals surface area contributed by atoms with Crippen LogP contribution >= 0.6 is 11.8 Å². The van der Waals surface area contributed by atoms with Crippen molar-refractivity contribution in [1.29, 1.82) is 5.26 Å². The number of aromatic nitrogens is 3. The highest BCUT2D eigenvalue weighted by molar-refractivity contribution is 7.99. The third-order valence-corrected chi connectivity index (χ3v) is 3.50. The molecule has 0 radical (unpaired) electrons. The fourth-order valence-electron chi connectivity index (χ4n) is 1.59. The maximum absolute atomic E-state index is 13.0. The monoisotopic (exact) mass is 278 g/mol. The molecule has 0 aliphatic rings. The zero-order valence-electron chi connectivity index (χ0n) is 10.3. The number of aromatic amines is 1. The summed E-state index contributed by atoms with van der Waals surface area (Å²) in [4.78, 5) is 12.1. The van der Waals surface area contributed by atoms with Gasteiger partial charge in [-0.2, -0.15) is 5.26 Å². The molecule has 1 aromatic heterocycles. The van der Waals surface area contributed by atoms with Crippen molar-refractivity contribution in [2.75, 3.05) is 0 Å². The van der Waals surface area contributed by atoms with Crippen molar-refractivity contribution in [3.8, 4) is 6.07 Å². The Bertz CT molecular complexity index is 698. The van der Waals surface area contributed by atoms with Crippen LogP contribution in [0.5, 0.6) is 0 Å². The average Bonchev–Trinajstić information content (AvgIpc) is 2.72. The molecule has 0 unspecified atom stereocenters. The normalized spacial score (nSPS) is 10.7. The standard InChI is InChI=1S/C12H11FN4OS/c1-7(2)17-11(18)15-16-12(17)19-10-4-3-9(13)5-8(10)6-14/h3-5,7H,1-2H3,(H,15,18). The van der Waals surface area contributed by atoms with E-state index in [9.17, 15) is 9.18 Å². The minimum atomic E-state index is -0.468. The van der Waals surface area contributed by atoms with Gasteiger partial charge in [0, 0.05) is 10.9 Å². The second-order valence-electron chi connectivity index (χ2n) is 4.13. The quantitative estimate of drug-likeness (QED) is 0.935. The SMILES string of the molecule is CC(C)n1c(Sc2ccc(F)cc2C#N)n[nH]c1=O. The van der Waals surface area contributed by atoms with E-state index in [0.717, 1.165) is 17.8 Å². The summed E-state index contributed by atoms with van der Waals surface area (Å²) >= 11 is 1.15. The summed E-state index contributed by atoms with van der Waals surface area (Å²) in [5.41, 5.74) is -0.0890. The van der Waals surface area contributed by atoms with E-state index in [1.54, 1.807) is 0 Å². The van der Waals surface area contributed by atoms with E-state index >= 15 is 0 Å². The lowest BCUT2D eigenvalue weighted by Gasteiger charge is -2.09. The van der Waals surface area contributed by atoms with E-state index < -0.39 is 5.82 Å². The Morgan fingerprint density at radius 1 is 1.53 bits per heavy atom. The molecule has 0 atom stereocenters. The first-order valence-corrected chi connectivity index (χ1v) is 6.39. The number of nitrogens with one attached hydrogen (secondary N) is 1. The molecule has 98 valence electrons. The summed E-state index contributed by atoms with van der Waals surface area (Å²) in [6.07, 6.45) is 0. The molecule has 2 aromatic rings. The molecule has 1 heterocycles. The average molecular weight is 278 g/mol. The first kappa shape index (κ1) is 13.4. The van der Waals surface area contributed by atoms with Crippen LogP contribution in [-0.4, -0.2) is 14.8 Å². The second kappa shape index (κ2) is 5.28. The first-order valence-electron chi connectivity index (χ1n) is 5.57. The van der Waals surface area contributed by atoms with Gasteiger partial charge in [-0.15, -0.1) is 5.10 Å². The van der Waals surface area contributed by atoms with Crippen molar-refractivity contribution >= 4 is 11.8 Å². The number of H-pyrrole nitrogens is 1. The molecule has 1 N–H and O–H groups in total. The van der Waals surface area contributed by atoms with Crippen LogP contribution in [0.25, 0.3) is 0 Å². The summed E-state index contributed by atoms with van der Waals surface area (Å²) in [6, 6.07) is 5.80. The van der Waals surface area contributed by atoms with Crippen molar-refractivity contribution in [2.45, 2.75) is 29.9 Å². The van der Waals surface area contributed by atoms with Gasteiger partial charge in [0.2, 0.25) is 0 Å². The van der Waals surface area contributed by atoms with E-state index in [4.69, 9.17) is 5.26 Å². The molecule has 0 aliphatic heterocycles. The lowest BCUT2D eigenvalue weighted by molar-refractivity contribution is 0.534. The maximum Gasteiger partial charge on any atom is 0.344 e. The van der Waals surface area contributed by atoms with Crippen LogP contribution in [0.15, 0.2) is 33.0 Å². The number of nitrogens with zero attached hydrogens (tertiary/aromatic N) is 3. The number of hydrogen-bond acceptors (Lipinski definition) is 4. The molecular formula is C12H11FN4OS. The number of rotatable bonds is 3. The first-order chi connectivity index (χ1) is 9.02. The third-order valence-electron chi connectivity index (χ3n) is 2.45. The summed E-state index contributed by atoms with van der Waals surface area (Å²) < 4.78 is 14.5. The largest absolute Gasteiger partial charge is 0.344 e. The molecule has 7 heteroatoms.